The molecule has 0 amide bonds. The van der Waals surface area contributed by atoms with E-state index in [0.29, 0.717) is 5.89 Å². The van der Waals surface area contributed by atoms with Gasteiger partial charge in [-0.15, -0.1) is 0 Å². The molecule has 2 aromatic rings. The van der Waals surface area contributed by atoms with Crippen LogP contribution in [0.5, 0.6) is 0 Å². The van der Waals surface area contributed by atoms with Gasteiger partial charge in [-0.2, -0.15) is 10.4 Å². The van der Waals surface area contributed by atoms with Gasteiger partial charge >= 0.3 is 0 Å². The molecule has 2 rings (SSSR count). The number of hydrogen-bond donors (Lipinski definition) is 1. The van der Waals surface area contributed by atoms with E-state index in [4.69, 9.17) is 9.68 Å². The highest BCUT2D eigenvalue weighted by Crippen LogP contribution is 2.15. The predicted octanol–water partition coefficient (Wildman–Crippen LogP) is 2.44. The number of nitrogens with zero attached hydrogens (tertiary/aromatic N) is 3. The fourth-order valence-electron chi connectivity index (χ4n) is 1.29. The third kappa shape index (κ3) is 2.71. The maximum atomic E-state index is 12.7. The molecule has 0 spiro atoms. The molecule has 1 N–H and O–H groups in total. The Morgan fingerprint density at radius 3 is 2.83 bits per heavy atom. The Balaban J connectivity index is 2.07. The highest BCUT2D eigenvalue weighted by molar-refractivity contribution is 5.80. The first-order valence-corrected chi connectivity index (χ1v) is 5.11. The molecular weight excluding hydrogens is 235 g/mol. The molecule has 0 saturated heterocycles. The number of nitriles is 1. The summed E-state index contributed by atoms with van der Waals surface area (Å²) in [6, 6.07) is 7.71. The predicted molar refractivity (Wildman–Crippen MR) is 63.6 cm³/mol. The zero-order chi connectivity index (χ0) is 13.0. The maximum absolute atomic E-state index is 12.7. The highest BCUT2D eigenvalue weighted by Gasteiger charge is 2.08. The van der Waals surface area contributed by atoms with Crippen LogP contribution in [0.4, 0.5) is 10.3 Å². The molecule has 0 aliphatic heterocycles. The molecule has 0 bridgehead atoms. The van der Waals surface area contributed by atoms with E-state index < -0.39 is 0 Å². The Morgan fingerprint density at radius 2 is 2.17 bits per heavy atom. The quantitative estimate of drug-likeness (QED) is 0.664. The van der Waals surface area contributed by atoms with E-state index in [1.807, 2.05) is 6.07 Å². The maximum Gasteiger partial charge on any atom is 0.252 e. The van der Waals surface area contributed by atoms with Crippen LogP contribution in [-0.2, 0) is 0 Å². The van der Waals surface area contributed by atoms with Gasteiger partial charge < -0.3 is 4.42 Å². The average Bonchev–Trinajstić information content (AvgIpc) is 2.72. The third-order valence-electron chi connectivity index (χ3n) is 2.09. The van der Waals surface area contributed by atoms with E-state index >= 15 is 0 Å². The molecule has 1 heterocycles. The molecule has 0 unspecified atom stereocenters. The molecule has 90 valence electrons. The van der Waals surface area contributed by atoms with Crippen molar-refractivity contribution in [2.45, 2.75) is 6.92 Å². The molecule has 1 aromatic heterocycles. The number of hydrazone groups is 1. The van der Waals surface area contributed by atoms with Gasteiger partial charge in [-0.3, -0.25) is 0 Å². The van der Waals surface area contributed by atoms with E-state index in [-0.39, 0.29) is 17.4 Å². The normalized spacial score (nSPS) is 10.5. The van der Waals surface area contributed by atoms with Crippen LogP contribution >= 0.6 is 0 Å². The molecule has 0 fully saturated rings. The largest absolute Gasteiger partial charge is 0.422 e. The van der Waals surface area contributed by atoms with Gasteiger partial charge in [0.15, 0.2) is 5.89 Å². The molecule has 1 aromatic carbocycles. The van der Waals surface area contributed by atoms with Crippen LogP contribution in [0, 0.1) is 24.1 Å². The van der Waals surface area contributed by atoms with Gasteiger partial charge in [-0.25, -0.2) is 14.8 Å². The number of halogens is 1. The van der Waals surface area contributed by atoms with Crippen LogP contribution < -0.4 is 5.43 Å². The van der Waals surface area contributed by atoms with Crippen molar-refractivity contribution in [2.24, 2.45) is 5.10 Å². The summed E-state index contributed by atoms with van der Waals surface area (Å²) in [4.78, 5) is 3.85. The van der Waals surface area contributed by atoms with Crippen LogP contribution in [0.3, 0.4) is 0 Å². The first kappa shape index (κ1) is 11.8. The monoisotopic (exact) mass is 244 g/mol. The van der Waals surface area contributed by atoms with Crippen LogP contribution in [0.25, 0.3) is 0 Å². The lowest BCUT2D eigenvalue weighted by Gasteiger charge is -1.94. The number of rotatable bonds is 3. The van der Waals surface area contributed by atoms with Gasteiger partial charge in [0.05, 0.1) is 6.21 Å². The molecule has 0 saturated carbocycles. The SMILES string of the molecule is Cc1nc(C#N)c(N/N=C/c2ccc(F)cc2)o1. The summed E-state index contributed by atoms with van der Waals surface area (Å²) in [5, 5.41) is 12.7. The van der Waals surface area contributed by atoms with Crippen LogP contribution in [-0.4, -0.2) is 11.2 Å². The number of oxazole rings is 1. The lowest BCUT2D eigenvalue weighted by atomic mass is 10.2. The van der Waals surface area contributed by atoms with E-state index in [9.17, 15) is 4.39 Å². The summed E-state index contributed by atoms with van der Waals surface area (Å²) in [6.45, 7) is 1.63. The van der Waals surface area contributed by atoms with Crippen LogP contribution in [0.15, 0.2) is 33.8 Å². The summed E-state index contributed by atoms with van der Waals surface area (Å²) < 4.78 is 17.8. The Kier molecular flexibility index (Phi) is 3.34. The van der Waals surface area contributed by atoms with E-state index in [1.165, 1.54) is 18.3 Å². The van der Waals surface area contributed by atoms with Gasteiger partial charge in [0, 0.05) is 6.92 Å². The standard InChI is InChI=1S/C12H9FN4O/c1-8-16-11(6-14)12(18-8)17-15-7-9-2-4-10(13)5-3-9/h2-5,7,17H,1H3/b15-7+. The van der Waals surface area contributed by atoms with Crippen molar-refractivity contribution in [3.8, 4) is 6.07 Å². The molecule has 5 nitrogen and oxygen atoms in total. The highest BCUT2D eigenvalue weighted by atomic mass is 19.1. The number of nitrogens with one attached hydrogen (secondary N) is 1. The van der Waals surface area contributed by atoms with Gasteiger partial charge in [-0.05, 0) is 17.7 Å². The molecule has 0 aliphatic rings. The topological polar surface area (TPSA) is 74.2 Å². The summed E-state index contributed by atoms with van der Waals surface area (Å²) in [6.07, 6.45) is 1.48. The molecule has 6 heteroatoms. The second-order valence-corrected chi connectivity index (χ2v) is 3.44. The Bertz CT molecular complexity index is 610. The summed E-state index contributed by atoms with van der Waals surface area (Å²) in [5.74, 6) is 0.261. The van der Waals surface area contributed by atoms with Crippen molar-refractivity contribution in [1.82, 2.24) is 4.98 Å². The van der Waals surface area contributed by atoms with Crippen molar-refractivity contribution in [1.29, 1.82) is 5.26 Å². The lowest BCUT2D eigenvalue weighted by Crippen LogP contribution is -1.91. The number of aromatic nitrogens is 1. The van der Waals surface area contributed by atoms with Gasteiger partial charge in [-0.1, -0.05) is 12.1 Å². The van der Waals surface area contributed by atoms with Crippen LogP contribution in [0.1, 0.15) is 17.1 Å². The van der Waals surface area contributed by atoms with Crippen LogP contribution in [0.2, 0.25) is 0 Å². The van der Waals surface area contributed by atoms with Crippen molar-refractivity contribution in [3.63, 3.8) is 0 Å². The molecule has 0 atom stereocenters. The minimum absolute atomic E-state index is 0.142. The second-order valence-electron chi connectivity index (χ2n) is 3.44. The number of hydrogen-bond acceptors (Lipinski definition) is 5. The van der Waals surface area contributed by atoms with E-state index in [0.717, 1.165) is 5.56 Å². The second kappa shape index (κ2) is 5.10. The smallest absolute Gasteiger partial charge is 0.252 e. The fraction of sp³-hybridized carbons (Fsp3) is 0.0833. The molecule has 18 heavy (non-hydrogen) atoms. The summed E-state index contributed by atoms with van der Waals surface area (Å²) in [5.41, 5.74) is 3.44. The third-order valence-corrected chi connectivity index (χ3v) is 2.09. The minimum Gasteiger partial charge on any atom is -0.422 e. The van der Waals surface area contributed by atoms with Crippen molar-refractivity contribution in [3.05, 3.63) is 47.2 Å². The number of aryl methyl sites for hydroxylation is 1. The van der Waals surface area contributed by atoms with Crippen molar-refractivity contribution < 1.29 is 8.81 Å². The Hall–Kier alpha value is -2.68. The summed E-state index contributed by atoms with van der Waals surface area (Å²) in [7, 11) is 0. The van der Waals surface area contributed by atoms with Gasteiger partial charge in [0.1, 0.15) is 11.9 Å². The zero-order valence-electron chi connectivity index (χ0n) is 9.51. The average molecular weight is 244 g/mol. The van der Waals surface area contributed by atoms with Gasteiger partial charge in [0.2, 0.25) is 5.69 Å². The number of benzene rings is 1. The minimum atomic E-state index is -0.308. The zero-order valence-corrected chi connectivity index (χ0v) is 9.51. The summed E-state index contributed by atoms with van der Waals surface area (Å²) >= 11 is 0. The molecular formula is C12H9FN4O. The first-order valence-electron chi connectivity index (χ1n) is 5.11. The Morgan fingerprint density at radius 1 is 1.44 bits per heavy atom. The van der Waals surface area contributed by atoms with E-state index in [2.05, 4.69) is 15.5 Å². The van der Waals surface area contributed by atoms with Crippen molar-refractivity contribution >= 4 is 12.1 Å². The lowest BCUT2D eigenvalue weighted by molar-refractivity contribution is 0.533. The molecule has 0 radical (unpaired) electrons. The van der Waals surface area contributed by atoms with Gasteiger partial charge in [0.25, 0.3) is 5.88 Å². The Labute approximate surface area is 103 Å². The van der Waals surface area contributed by atoms with Crippen molar-refractivity contribution in [2.75, 3.05) is 5.43 Å². The molecule has 0 aliphatic carbocycles. The van der Waals surface area contributed by atoms with E-state index in [1.54, 1.807) is 19.1 Å². The first-order chi connectivity index (χ1) is 8.69. The number of anilines is 1. The fourth-order valence-corrected chi connectivity index (χ4v) is 1.29.